The van der Waals surface area contributed by atoms with Crippen LogP contribution in [-0.2, 0) is 0 Å². The van der Waals surface area contributed by atoms with E-state index in [2.05, 4.69) is 5.32 Å². The van der Waals surface area contributed by atoms with E-state index in [4.69, 9.17) is 11.6 Å². The lowest BCUT2D eigenvalue weighted by Gasteiger charge is -2.29. The molecule has 0 spiro atoms. The average Bonchev–Trinajstić information content (AvgIpc) is 2.39. The van der Waals surface area contributed by atoms with Crippen LogP contribution in [0.15, 0.2) is 18.2 Å². The number of benzene rings is 1. The number of halogens is 1. The summed E-state index contributed by atoms with van der Waals surface area (Å²) in [6.07, 6.45) is 3.53. The lowest BCUT2D eigenvalue weighted by molar-refractivity contribution is -0.384. The molecule has 1 aliphatic rings. The van der Waals surface area contributed by atoms with Gasteiger partial charge in [-0.15, -0.1) is 0 Å². The third-order valence-electron chi connectivity index (χ3n) is 3.47. The van der Waals surface area contributed by atoms with Gasteiger partial charge in [0.05, 0.1) is 4.92 Å². The number of hydrogen-bond donors (Lipinski definition) is 1. The van der Waals surface area contributed by atoms with Crippen molar-refractivity contribution < 1.29 is 4.92 Å². The summed E-state index contributed by atoms with van der Waals surface area (Å²) in [5.41, 5.74) is 0.562. The molecule has 1 aliphatic heterocycles. The molecule has 0 bridgehead atoms. The molecule has 0 radical (unpaired) electrons. The van der Waals surface area contributed by atoms with Gasteiger partial charge < -0.3 is 10.2 Å². The van der Waals surface area contributed by atoms with Crippen molar-refractivity contribution in [2.45, 2.75) is 25.3 Å². The van der Waals surface area contributed by atoms with Crippen molar-refractivity contribution in [2.75, 3.05) is 25.0 Å². The molecule has 1 fully saturated rings. The van der Waals surface area contributed by atoms with Crippen molar-refractivity contribution in [3.63, 3.8) is 0 Å². The zero-order valence-electron chi connectivity index (χ0n) is 10.9. The molecular weight excluding hydrogens is 266 g/mol. The summed E-state index contributed by atoms with van der Waals surface area (Å²) < 4.78 is 0. The first-order valence-corrected chi connectivity index (χ1v) is 6.85. The molecule has 1 aromatic carbocycles. The van der Waals surface area contributed by atoms with Gasteiger partial charge in [-0.3, -0.25) is 10.1 Å². The Hall–Kier alpha value is -1.33. The first kappa shape index (κ1) is 14.1. The minimum absolute atomic E-state index is 0.0116. The maximum atomic E-state index is 11.1. The molecule has 1 aromatic rings. The number of nitrogens with one attached hydrogen (secondary N) is 1. The van der Waals surface area contributed by atoms with Crippen molar-refractivity contribution in [3.8, 4) is 0 Å². The molecule has 1 heterocycles. The van der Waals surface area contributed by atoms with Crippen molar-refractivity contribution in [2.24, 2.45) is 0 Å². The number of rotatable bonds is 4. The van der Waals surface area contributed by atoms with Crippen LogP contribution < -0.4 is 10.2 Å². The van der Waals surface area contributed by atoms with Gasteiger partial charge in [0.2, 0.25) is 0 Å². The second-order valence-electron chi connectivity index (χ2n) is 4.89. The van der Waals surface area contributed by atoms with Gasteiger partial charge in [0.1, 0.15) is 10.7 Å². The highest BCUT2D eigenvalue weighted by atomic mass is 35.5. The van der Waals surface area contributed by atoms with Crippen LogP contribution in [0.4, 0.5) is 11.4 Å². The topological polar surface area (TPSA) is 58.4 Å². The predicted octanol–water partition coefficient (Wildman–Crippen LogP) is 2.83. The summed E-state index contributed by atoms with van der Waals surface area (Å²) in [4.78, 5) is 12.6. The number of nitro benzene ring substituents is 1. The lowest BCUT2D eigenvalue weighted by Crippen LogP contribution is -2.42. The Morgan fingerprint density at radius 1 is 1.53 bits per heavy atom. The van der Waals surface area contributed by atoms with E-state index in [0.717, 1.165) is 19.5 Å². The van der Waals surface area contributed by atoms with Gasteiger partial charge in [-0.2, -0.15) is 0 Å². The van der Waals surface area contributed by atoms with Crippen LogP contribution >= 0.6 is 11.6 Å². The van der Waals surface area contributed by atoms with Crippen LogP contribution in [0.25, 0.3) is 0 Å². The first-order chi connectivity index (χ1) is 9.09. The molecule has 6 heteroatoms. The number of para-hydroxylation sites is 1. The van der Waals surface area contributed by atoms with Gasteiger partial charge in [0.15, 0.2) is 0 Å². The van der Waals surface area contributed by atoms with Crippen LogP contribution in [0.3, 0.4) is 0 Å². The fraction of sp³-hybridized carbons (Fsp3) is 0.538. The van der Waals surface area contributed by atoms with Crippen LogP contribution in [0.2, 0.25) is 5.02 Å². The van der Waals surface area contributed by atoms with E-state index in [-0.39, 0.29) is 10.7 Å². The van der Waals surface area contributed by atoms with E-state index in [1.807, 2.05) is 11.9 Å². The molecule has 0 aliphatic carbocycles. The summed E-state index contributed by atoms with van der Waals surface area (Å²) in [6.45, 7) is 1.78. The minimum atomic E-state index is -0.414. The Balaban J connectivity index is 2.16. The molecule has 1 saturated heterocycles. The van der Waals surface area contributed by atoms with Crippen molar-refractivity contribution in [1.29, 1.82) is 0 Å². The Kier molecular flexibility index (Phi) is 4.61. The molecule has 1 N–H and O–H groups in total. The summed E-state index contributed by atoms with van der Waals surface area (Å²) in [7, 11) is 1.87. The number of piperidine rings is 1. The molecule has 2 rings (SSSR count). The standard InChI is InChI=1S/C13H18ClN3O2/c1-16(9-10-5-2-3-8-15-10)12-7-4-6-11(14)13(12)17(18)19/h4,6-7,10,15H,2-3,5,8-9H2,1H3. The second kappa shape index (κ2) is 6.21. The van der Waals surface area contributed by atoms with Crippen molar-refractivity contribution >= 4 is 23.0 Å². The number of hydrogen-bond acceptors (Lipinski definition) is 4. The molecule has 1 atom stereocenters. The van der Waals surface area contributed by atoms with Gasteiger partial charge in [-0.05, 0) is 31.5 Å². The maximum Gasteiger partial charge on any atom is 0.310 e. The van der Waals surface area contributed by atoms with E-state index < -0.39 is 4.92 Å². The summed E-state index contributed by atoms with van der Waals surface area (Å²) >= 11 is 5.93. The highest BCUT2D eigenvalue weighted by molar-refractivity contribution is 6.33. The van der Waals surface area contributed by atoms with Crippen LogP contribution in [-0.4, -0.2) is 31.1 Å². The van der Waals surface area contributed by atoms with Crippen LogP contribution in [0.5, 0.6) is 0 Å². The second-order valence-corrected chi connectivity index (χ2v) is 5.30. The number of anilines is 1. The molecule has 0 saturated carbocycles. The largest absolute Gasteiger partial charge is 0.367 e. The zero-order valence-corrected chi connectivity index (χ0v) is 11.7. The molecular formula is C13H18ClN3O2. The molecule has 104 valence electrons. The van der Waals surface area contributed by atoms with E-state index in [1.54, 1.807) is 18.2 Å². The monoisotopic (exact) mass is 283 g/mol. The molecule has 0 amide bonds. The number of nitrogens with zero attached hydrogens (tertiary/aromatic N) is 2. The van der Waals surface area contributed by atoms with E-state index in [9.17, 15) is 10.1 Å². The maximum absolute atomic E-state index is 11.1. The van der Waals surface area contributed by atoms with E-state index >= 15 is 0 Å². The fourth-order valence-electron chi connectivity index (χ4n) is 2.50. The summed E-state index contributed by atoms with van der Waals surface area (Å²) in [5.74, 6) is 0. The van der Waals surface area contributed by atoms with Crippen molar-refractivity contribution in [1.82, 2.24) is 5.32 Å². The number of likely N-dealkylation sites (N-methyl/N-ethyl adjacent to an activating group) is 1. The summed E-state index contributed by atoms with van der Waals surface area (Å²) in [5, 5.41) is 14.7. The first-order valence-electron chi connectivity index (χ1n) is 6.47. The predicted molar refractivity (Wildman–Crippen MR) is 77.0 cm³/mol. The summed E-state index contributed by atoms with van der Waals surface area (Å²) in [6, 6.07) is 5.43. The normalized spacial score (nSPS) is 19.2. The average molecular weight is 284 g/mol. The Morgan fingerprint density at radius 2 is 2.32 bits per heavy atom. The van der Waals surface area contributed by atoms with Gasteiger partial charge in [0, 0.05) is 19.6 Å². The third-order valence-corrected chi connectivity index (χ3v) is 3.77. The van der Waals surface area contributed by atoms with Gasteiger partial charge >= 0.3 is 5.69 Å². The zero-order chi connectivity index (χ0) is 13.8. The molecule has 19 heavy (non-hydrogen) atoms. The van der Waals surface area contributed by atoms with Gasteiger partial charge in [-0.25, -0.2) is 0 Å². The minimum Gasteiger partial charge on any atom is -0.367 e. The van der Waals surface area contributed by atoms with Gasteiger partial charge in [0.25, 0.3) is 0 Å². The van der Waals surface area contributed by atoms with Gasteiger partial charge in [-0.1, -0.05) is 24.1 Å². The quantitative estimate of drug-likeness (QED) is 0.682. The van der Waals surface area contributed by atoms with E-state index in [1.165, 1.54) is 12.8 Å². The van der Waals surface area contributed by atoms with Crippen LogP contribution in [0.1, 0.15) is 19.3 Å². The molecule has 0 aromatic heterocycles. The number of nitro groups is 1. The molecule has 1 unspecified atom stereocenters. The fourth-order valence-corrected chi connectivity index (χ4v) is 2.74. The Labute approximate surface area is 117 Å². The lowest BCUT2D eigenvalue weighted by atomic mass is 10.0. The smallest absolute Gasteiger partial charge is 0.310 e. The SMILES string of the molecule is CN(CC1CCCCN1)c1cccc(Cl)c1[N+](=O)[O-]. The molecule has 5 nitrogen and oxygen atoms in total. The highest BCUT2D eigenvalue weighted by Gasteiger charge is 2.23. The van der Waals surface area contributed by atoms with Crippen molar-refractivity contribution in [3.05, 3.63) is 33.3 Å². The third kappa shape index (κ3) is 3.36. The Bertz CT molecular complexity index is 461. The van der Waals surface area contributed by atoms with Crippen LogP contribution in [0, 0.1) is 10.1 Å². The highest BCUT2D eigenvalue weighted by Crippen LogP contribution is 2.34. The Morgan fingerprint density at radius 3 is 2.95 bits per heavy atom. The van der Waals surface area contributed by atoms with E-state index in [0.29, 0.717) is 11.7 Å².